The van der Waals surface area contributed by atoms with Crippen molar-refractivity contribution in [3.8, 4) is 5.75 Å². The first-order valence-electron chi connectivity index (χ1n) is 5.91. The van der Waals surface area contributed by atoms with Crippen molar-refractivity contribution in [2.75, 3.05) is 0 Å². The predicted molar refractivity (Wildman–Crippen MR) is 90.3 cm³/mol. The fourth-order valence-electron chi connectivity index (χ4n) is 1.26. The molecule has 4 heteroatoms. The van der Waals surface area contributed by atoms with Gasteiger partial charge in [0.2, 0.25) is 8.32 Å². The van der Waals surface area contributed by atoms with Gasteiger partial charge < -0.3 is 4.43 Å². The predicted octanol–water partition coefficient (Wildman–Crippen LogP) is 4.34. The van der Waals surface area contributed by atoms with Crippen LogP contribution in [0.15, 0.2) is 18.2 Å². The molecule has 0 unspecified atom stereocenters. The molecule has 0 saturated heterocycles. The quantitative estimate of drug-likeness (QED) is 0.681. The highest BCUT2D eigenvalue weighted by molar-refractivity contribution is 9.14. The van der Waals surface area contributed by atoms with Gasteiger partial charge in [0.1, 0.15) is 5.75 Å². The summed E-state index contributed by atoms with van der Waals surface area (Å²) in [5.41, 5.74) is 0. The van der Waals surface area contributed by atoms with E-state index in [4.69, 9.17) is 4.43 Å². The maximum Gasteiger partial charge on any atom is 0.250 e. The Bertz CT molecular complexity index is 530. The average Bonchev–Trinajstić information content (AvgIpc) is 2.26. The Balaban J connectivity index is 3.16. The maximum atomic E-state index is 6.28. The van der Waals surface area contributed by atoms with Gasteiger partial charge in [0.15, 0.2) is 0 Å². The third kappa shape index (κ3) is 3.72. The Morgan fingerprint density at radius 1 is 1.06 bits per heavy atom. The van der Waals surface area contributed by atoms with Crippen LogP contribution in [0, 0.1) is 0 Å². The smallest absolute Gasteiger partial charge is 0.250 e. The minimum Gasteiger partial charge on any atom is -0.543 e. The van der Waals surface area contributed by atoms with E-state index in [2.05, 4.69) is 77.9 Å². The Labute approximate surface area is 127 Å². The van der Waals surface area contributed by atoms with Crippen LogP contribution in [0.1, 0.15) is 20.8 Å². The lowest BCUT2D eigenvalue weighted by molar-refractivity contribution is 0.492. The van der Waals surface area contributed by atoms with Crippen molar-refractivity contribution in [3.63, 3.8) is 0 Å². The van der Waals surface area contributed by atoms with Crippen LogP contribution in [-0.2, 0) is 0 Å². The standard InChI is InChI=1S/C14H20Br2OSi/c1-14(2,3)18(4,5)17-13-7-6-11(9-15)12(8-13)10-16/h6-10H,1-5H3. The van der Waals surface area contributed by atoms with E-state index in [1.54, 1.807) is 0 Å². The van der Waals surface area contributed by atoms with Crippen LogP contribution in [-0.4, -0.2) is 8.32 Å². The molecule has 0 spiro atoms. The van der Waals surface area contributed by atoms with Gasteiger partial charge in [-0.05, 0) is 50.7 Å². The summed E-state index contributed by atoms with van der Waals surface area (Å²) in [6.45, 7) is 11.3. The number of hydrogen-bond acceptors (Lipinski definition) is 1. The van der Waals surface area contributed by atoms with Crippen LogP contribution in [0.5, 0.6) is 5.75 Å². The molecule has 1 aromatic rings. The highest BCUT2D eigenvalue weighted by Crippen LogP contribution is 2.36. The monoisotopic (exact) mass is 390 g/mol. The fourth-order valence-corrected chi connectivity index (χ4v) is 3.09. The van der Waals surface area contributed by atoms with Crippen molar-refractivity contribution in [3.05, 3.63) is 28.6 Å². The van der Waals surface area contributed by atoms with E-state index in [9.17, 15) is 0 Å². The van der Waals surface area contributed by atoms with E-state index in [-0.39, 0.29) is 5.04 Å². The van der Waals surface area contributed by atoms with Gasteiger partial charge in [-0.25, -0.2) is 0 Å². The van der Waals surface area contributed by atoms with Gasteiger partial charge in [0.05, 0.1) is 0 Å². The van der Waals surface area contributed by atoms with Gasteiger partial charge >= 0.3 is 0 Å². The molecule has 1 rings (SSSR count). The van der Waals surface area contributed by atoms with Gasteiger partial charge in [-0.15, -0.1) is 0 Å². The van der Waals surface area contributed by atoms with Crippen LogP contribution < -0.4 is 14.9 Å². The molecular formula is C14H20Br2OSi. The first-order valence-corrected chi connectivity index (χ1v) is 10.6. The Kier molecular flexibility index (Phi) is 5.27. The molecule has 0 saturated carbocycles. The first-order chi connectivity index (χ1) is 8.21. The summed E-state index contributed by atoms with van der Waals surface area (Å²) in [5, 5.41) is 2.46. The molecule has 0 heterocycles. The molecule has 1 aromatic carbocycles. The maximum absolute atomic E-state index is 6.28. The number of halogens is 2. The summed E-state index contributed by atoms with van der Waals surface area (Å²) in [5.74, 6) is 0.949. The highest BCUT2D eigenvalue weighted by Gasteiger charge is 2.38. The van der Waals surface area contributed by atoms with Crippen molar-refractivity contribution in [2.24, 2.45) is 0 Å². The Hall–Kier alpha value is -0.0631. The number of benzene rings is 1. The minimum atomic E-state index is -1.76. The molecule has 0 fully saturated rings. The van der Waals surface area contributed by atoms with E-state index < -0.39 is 8.32 Å². The molecule has 0 amide bonds. The lowest BCUT2D eigenvalue weighted by atomic mass is 10.2. The highest BCUT2D eigenvalue weighted by atomic mass is 79.9. The summed E-state index contributed by atoms with van der Waals surface area (Å²) >= 11 is 6.76. The van der Waals surface area contributed by atoms with E-state index in [1.807, 2.05) is 16.0 Å². The van der Waals surface area contributed by atoms with E-state index in [0.717, 1.165) is 16.2 Å². The molecule has 0 N–H and O–H groups in total. The Morgan fingerprint density at radius 3 is 2.06 bits per heavy atom. The zero-order valence-corrected chi connectivity index (χ0v) is 15.7. The molecule has 0 aliphatic carbocycles. The zero-order valence-electron chi connectivity index (χ0n) is 11.6. The third-order valence-electron chi connectivity index (χ3n) is 3.47. The van der Waals surface area contributed by atoms with Crippen molar-refractivity contribution in [1.82, 2.24) is 0 Å². The topological polar surface area (TPSA) is 9.23 Å². The second kappa shape index (κ2) is 5.93. The van der Waals surface area contributed by atoms with Crippen LogP contribution >= 0.6 is 31.9 Å². The van der Waals surface area contributed by atoms with Gasteiger partial charge in [-0.3, -0.25) is 0 Å². The number of hydrogen-bond donors (Lipinski definition) is 0. The van der Waals surface area contributed by atoms with E-state index in [1.165, 1.54) is 0 Å². The fraction of sp³-hybridized carbons (Fsp3) is 0.429. The normalized spacial score (nSPS) is 15.1. The largest absolute Gasteiger partial charge is 0.543 e. The molecule has 0 aliphatic heterocycles. The van der Waals surface area contributed by atoms with E-state index in [0.29, 0.717) is 0 Å². The average molecular weight is 392 g/mol. The van der Waals surface area contributed by atoms with Gasteiger partial charge in [0, 0.05) is 0 Å². The summed E-state index contributed by atoms with van der Waals surface area (Å²) in [4.78, 5) is 3.83. The molecule has 0 atom stereocenters. The van der Waals surface area contributed by atoms with Crippen LogP contribution in [0.2, 0.25) is 18.1 Å². The minimum absolute atomic E-state index is 0.214. The SMILES string of the molecule is CC(C)(C)[Si](C)(C)Oc1ccc(=CBr)c(=CBr)c1. The van der Waals surface area contributed by atoms with Crippen molar-refractivity contribution in [2.45, 2.75) is 38.9 Å². The second-order valence-corrected chi connectivity index (χ2v) is 11.5. The molecule has 0 aliphatic rings. The van der Waals surface area contributed by atoms with E-state index >= 15 is 0 Å². The van der Waals surface area contributed by atoms with Crippen molar-refractivity contribution in [1.29, 1.82) is 0 Å². The summed E-state index contributed by atoms with van der Waals surface area (Å²) in [6, 6.07) is 6.17. The van der Waals surface area contributed by atoms with Crippen molar-refractivity contribution >= 4 is 50.1 Å². The van der Waals surface area contributed by atoms with Gasteiger partial charge in [0.25, 0.3) is 0 Å². The van der Waals surface area contributed by atoms with Crippen LogP contribution in [0.3, 0.4) is 0 Å². The molecule has 100 valence electrons. The third-order valence-corrected chi connectivity index (χ3v) is 8.82. The summed E-state index contributed by atoms with van der Waals surface area (Å²) in [6.07, 6.45) is 0. The second-order valence-electron chi connectivity index (χ2n) is 5.87. The van der Waals surface area contributed by atoms with Crippen LogP contribution in [0.4, 0.5) is 0 Å². The van der Waals surface area contributed by atoms with Crippen molar-refractivity contribution < 1.29 is 4.43 Å². The molecular weight excluding hydrogens is 372 g/mol. The molecule has 1 nitrogen and oxygen atoms in total. The zero-order chi connectivity index (χ0) is 14.0. The van der Waals surface area contributed by atoms with Gasteiger partial charge in [-0.2, -0.15) is 0 Å². The summed E-state index contributed by atoms with van der Waals surface area (Å²) in [7, 11) is -1.76. The summed E-state index contributed by atoms with van der Waals surface area (Å²) < 4.78 is 6.28. The molecule has 0 aromatic heterocycles. The Morgan fingerprint density at radius 2 is 1.61 bits per heavy atom. The first kappa shape index (κ1) is 16.0. The molecule has 0 radical (unpaired) electrons. The van der Waals surface area contributed by atoms with Crippen LogP contribution in [0.25, 0.3) is 9.97 Å². The number of rotatable bonds is 2. The lowest BCUT2D eigenvalue weighted by Crippen LogP contribution is -2.44. The lowest BCUT2D eigenvalue weighted by Gasteiger charge is -2.36. The molecule has 0 bridgehead atoms. The van der Waals surface area contributed by atoms with Gasteiger partial charge in [-0.1, -0.05) is 58.7 Å². The molecule has 18 heavy (non-hydrogen) atoms.